The first kappa shape index (κ1) is 17.0. The molecule has 0 aliphatic heterocycles. The number of halogens is 1. The lowest BCUT2D eigenvalue weighted by Gasteiger charge is -2.26. The van der Waals surface area contributed by atoms with Crippen molar-refractivity contribution in [2.24, 2.45) is 0 Å². The van der Waals surface area contributed by atoms with E-state index < -0.39 is 0 Å². The highest BCUT2D eigenvalue weighted by atomic mass is 35.5. The Morgan fingerprint density at radius 3 is 2.50 bits per heavy atom. The minimum absolute atomic E-state index is 0.361. The predicted molar refractivity (Wildman–Crippen MR) is 101 cm³/mol. The number of fused-ring (bicyclic) bond motifs is 1. The summed E-state index contributed by atoms with van der Waals surface area (Å²) in [4.78, 5) is 7.08. The standard InChI is InChI=1S/C20H24ClN3/c1-3-17(15-23(2)14-16-9-5-4-6-10-16)24-19-12-8-7-11-18(19)22-20(24)13-21/h4-12,17H,3,13-15H2,1-2H3/t17-/m0/s1. The Labute approximate surface area is 148 Å². The number of nitrogens with zero attached hydrogens (tertiary/aromatic N) is 3. The van der Waals surface area contributed by atoms with Gasteiger partial charge in [-0.05, 0) is 31.2 Å². The zero-order chi connectivity index (χ0) is 16.9. The van der Waals surface area contributed by atoms with Crippen molar-refractivity contribution in [1.29, 1.82) is 0 Å². The maximum absolute atomic E-state index is 6.17. The number of benzene rings is 2. The predicted octanol–water partition coefficient (Wildman–Crippen LogP) is 4.86. The molecular weight excluding hydrogens is 318 g/mol. The maximum Gasteiger partial charge on any atom is 0.125 e. The van der Waals surface area contributed by atoms with Gasteiger partial charge in [0.15, 0.2) is 0 Å². The molecule has 0 spiro atoms. The molecule has 0 amide bonds. The number of aromatic nitrogens is 2. The SMILES string of the molecule is CC[C@@H](CN(C)Cc1ccccc1)n1c(CCl)nc2ccccc21. The molecule has 0 saturated carbocycles. The zero-order valence-electron chi connectivity index (χ0n) is 14.3. The molecule has 4 heteroatoms. The fourth-order valence-corrected chi connectivity index (χ4v) is 3.50. The third kappa shape index (κ3) is 3.63. The van der Waals surface area contributed by atoms with E-state index in [-0.39, 0.29) is 0 Å². The highest BCUT2D eigenvalue weighted by Crippen LogP contribution is 2.25. The quantitative estimate of drug-likeness (QED) is 0.572. The van der Waals surface area contributed by atoms with Crippen molar-refractivity contribution in [2.75, 3.05) is 13.6 Å². The Bertz CT molecular complexity index is 782. The van der Waals surface area contributed by atoms with Gasteiger partial charge in [0, 0.05) is 19.1 Å². The van der Waals surface area contributed by atoms with Crippen LogP contribution in [0.2, 0.25) is 0 Å². The molecule has 2 aromatic carbocycles. The normalized spacial score (nSPS) is 12.8. The van der Waals surface area contributed by atoms with Crippen molar-refractivity contribution >= 4 is 22.6 Å². The number of hydrogen-bond acceptors (Lipinski definition) is 2. The van der Waals surface area contributed by atoms with E-state index in [1.807, 2.05) is 6.07 Å². The number of hydrogen-bond donors (Lipinski definition) is 0. The molecule has 0 aliphatic carbocycles. The van der Waals surface area contributed by atoms with Gasteiger partial charge in [0.25, 0.3) is 0 Å². The number of likely N-dealkylation sites (N-methyl/N-ethyl adjacent to an activating group) is 1. The first-order valence-electron chi connectivity index (χ1n) is 8.47. The van der Waals surface area contributed by atoms with Crippen LogP contribution in [0.25, 0.3) is 11.0 Å². The van der Waals surface area contributed by atoms with Gasteiger partial charge in [-0.25, -0.2) is 4.98 Å². The van der Waals surface area contributed by atoms with Crippen molar-refractivity contribution in [1.82, 2.24) is 14.5 Å². The average molecular weight is 342 g/mol. The van der Waals surface area contributed by atoms with E-state index in [0.717, 1.165) is 30.9 Å². The zero-order valence-corrected chi connectivity index (χ0v) is 15.1. The number of alkyl halides is 1. The molecule has 0 fully saturated rings. The Morgan fingerprint density at radius 2 is 1.79 bits per heavy atom. The molecule has 24 heavy (non-hydrogen) atoms. The summed E-state index contributed by atoms with van der Waals surface area (Å²) in [7, 11) is 2.18. The summed E-state index contributed by atoms with van der Waals surface area (Å²) < 4.78 is 2.32. The van der Waals surface area contributed by atoms with Gasteiger partial charge >= 0.3 is 0 Å². The van der Waals surface area contributed by atoms with Crippen molar-refractivity contribution in [2.45, 2.75) is 31.8 Å². The lowest BCUT2D eigenvalue weighted by Crippen LogP contribution is -2.28. The monoisotopic (exact) mass is 341 g/mol. The number of para-hydroxylation sites is 2. The highest BCUT2D eigenvalue weighted by Gasteiger charge is 2.18. The van der Waals surface area contributed by atoms with Crippen LogP contribution in [0.4, 0.5) is 0 Å². The first-order valence-corrected chi connectivity index (χ1v) is 9.00. The molecule has 0 saturated heterocycles. The Balaban J connectivity index is 1.83. The van der Waals surface area contributed by atoms with Gasteiger partial charge in [-0.1, -0.05) is 49.4 Å². The van der Waals surface area contributed by atoms with Crippen LogP contribution in [0.1, 0.15) is 30.8 Å². The summed E-state index contributed by atoms with van der Waals surface area (Å²) in [6.45, 7) is 4.14. The van der Waals surface area contributed by atoms with Crippen LogP contribution < -0.4 is 0 Å². The largest absolute Gasteiger partial charge is 0.323 e. The molecule has 1 atom stereocenters. The van der Waals surface area contributed by atoms with Gasteiger partial charge in [-0.15, -0.1) is 11.6 Å². The second-order valence-electron chi connectivity index (χ2n) is 6.26. The van der Waals surface area contributed by atoms with Crippen molar-refractivity contribution in [3.8, 4) is 0 Å². The molecule has 0 N–H and O–H groups in total. The molecule has 0 unspecified atom stereocenters. The van der Waals surface area contributed by atoms with Crippen LogP contribution in [-0.4, -0.2) is 28.0 Å². The van der Waals surface area contributed by atoms with E-state index in [9.17, 15) is 0 Å². The summed E-state index contributed by atoms with van der Waals surface area (Å²) in [5.41, 5.74) is 3.54. The van der Waals surface area contributed by atoms with Crippen LogP contribution in [0.5, 0.6) is 0 Å². The molecule has 0 bridgehead atoms. The molecule has 3 aromatic rings. The Kier molecular flexibility index (Phi) is 5.54. The molecule has 1 heterocycles. The van der Waals surface area contributed by atoms with Crippen LogP contribution in [-0.2, 0) is 12.4 Å². The van der Waals surface area contributed by atoms with Gasteiger partial charge in [0.2, 0.25) is 0 Å². The van der Waals surface area contributed by atoms with Gasteiger partial charge < -0.3 is 9.47 Å². The summed E-state index contributed by atoms with van der Waals surface area (Å²) in [6.07, 6.45) is 1.05. The van der Waals surface area contributed by atoms with E-state index in [1.54, 1.807) is 0 Å². The smallest absolute Gasteiger partial charge is 0.125 e. The van der Waals surface area contributed by atoms with Gasteiger partial charge in [0.1, 0.15) is 5.82 Å². The van der Waals surface area contributed by atoms with Crippen LogP contribution in [0.3, 0.4) is 0 Å². The molecule has 126 valence electrons. The molecule has 3 rings (SSSR count). The van der Waals surface area contributed by atoms with Gasteiger partial charge in [-0.2, -0.15) is 0 Å². The minimum Gasteiger partial charge on any atom is -0.323 e. The van der Waals surface area contributed by atoms with Gasteiger partial charge in [0.05, 0.1) is 16.9 Å². The second-order valence-corrected chi connectivity index (χ2v) is 6.53. The summed E-state index contributed by atoms with van der Waals surface area (Å²) >= 11 is 6.17. The Hall–Kier alpha value is -1.84. The van der Waals surface area contributed by atoms with E-state index in [4.69, 9.17) is 16.6 Å². The van der Waals surface area contributed by atoms with E-state index in [0.29, 0.717) is 11.9 Å². The van der Waals surface area contributed by atoms with Gasteiger partial charge in [-0.3, -0.25) is 0 Å². The summed E-state index contributed by atoms with van der Waals surface area (Å²) in [5, 5.41) is 0. The van der Waals surface area contributed by atoms with Crippen molar-refractivity contribution in [3.63, 3.8) is 0 Å². The van der Waals surface area contributed by atoms with Crippen LogP contribution in [0.15, 0.2) is 54.6 Å². The fraction of sp³-hybridized carbons (Fsp3) is 0.350. The Morgan fingerprint density at radius 1 is 1.08 bits per heavy atom. The second kappa shape index (κ2) is 7.82. The third-order valence-electron chi connectivity index (χ3n) is 4.44. The maximum atomic E-state index is 6.17. The third-order valence-corrected chi connectivity index (χ3v) is 4.68. The minimum atomic E-state index is 0.361. The first-order chi connectivity index (χ1) is 11.7. The number of rotatable bonds is 7. The lowest BCUT2D eigenvalue weighted by atomic mass is 10.1. The molecule has 0 aliphatic rings. The lowest BCUT2D eigenvalue weighted by molar-refractivity contribution is 0.265. The molecule has 3 nitrogen and oxygen atoms in total. The van der Waals surface area contributed by atoms with E-state index >= 15 is 0 Å². The summed E-state index contributed by atoms with van der Waals surface area (Å²) in [5.74, 6) is 1.39. The topological polar surface area (TPSA) is 21.1 Å². The molecular formula is C20H24ClN3. The number of imidazole rings is 1. The molecule has 1 aromatic heterocycles. The van der Waals surface area contributed by atoms with Crippen molar-refractivity contribution < 1.29 is 0 Å². The van der Waals surface area contributed by atoms with E-state index in [2.05, 4.69) is 72.0 Å². The van der Waals surface area contributed by atoms with Crippen LogP contribution in [0, 0.1) is 0 Å². The fourth-order valence-electron chi connectivity index (χ4n) is 3.31. The summed E-state index contributed by atoms with van der Waals surface area (Å²) in [6, 6.07) is 19.2. The van der Waals surface area contributed by atoms with Crippen molar-refractivity contribution in [3.05, 3.63) is 66.0 Å². The molecule has 0 radical (unpaired) electrons. The van der Waals surface area contributed by atoms with Crippen LogP contribution >= 0.6 is 11.6 Å². The van der Waals surface area contributed by atoms with E-state index in [1.165, 1.54) is 11.1 Å². The highest BCUT2D eigenvalue weighted by molar-refractivity contribution is 6.16. The average Bonchev–Trinajstić information content (AvgIpc) is 2.99.